The molecule has 2 heterocycles. The van der Waals surface area contributed by atoms with E-state index in [1.807, 2.05) is 18.7 Å². The Morgan fingerprint density at radius 1 is 1.55 bits per heavy atom. The highest BCUT2D eigenvalue weighted by Crippen LogP contribution is 2.31. The molecule has 2 unspecified atom stereocenters. The number of nitrogens with zero attached hydrogens (tertiary/aromatic N) is 2. The number of rotatable bonds is 5. The summed E-state index contributed by atoms with van der Waals surface area (Å²) in [6.45, 7) is 7.87. The van der Waals surface area contributed by atoms with Crippen LogP contribution in [0.1, 0.15) is 32.9 Å². The summed E-state index contributed by atoms with van der Waals surface area (Å²) in [5, 5.41) is 3.78. The SMILES string of the molecule is CCOC(=O)CCc1csc(N2CCSC(C)C2C)n1. The van der Waals surface area contributed by atoms with Crippen molar-refractivity contribution in [2.75, 3.05) is 23.8 Å². The molecule has 0 radical (unpaired) electrons. The van der Waals surface area contributed by atoms with Gasteiger partial charge in [-0.2, -0.15) is 11.8 Å². The second-order valence-electron chi connectivity index (χ2n) is 4.94. The fourth-order valence-corrected chi connectivity index (χ4v) is 4.28. The molecule has 0 saturated carbocycles. The van der Waals surface area contributed by atoms with Gasteiger partial charge in [0.15, 0.2) is 5.13 Å². The molecule has 0 spiro atoms. The Labute approximate surface area is 128 Å². The maximum Gasteiger partial charge on any atom is 0.306 e. The number of ether oxygens (including phenoxy) is 1. The largest absolute Gasteiger partial charge is 0.466 e. The number of thiazole rings is 1. The second-order valence-corrected chi connectivity index (χ2v) is 7.26. The molecule has 20 heavy (non-hydrogen) atoms. The molecule has 1 saturated heterocycles. The molecule has 112 valence electrons. The monoisotopic (exact) mass is 314 g/mol. The van der Waals surface area contributed by atoms with E-state index in [0.717, 1.165) is 23.1 Å². The molecular formula is C14H22N2O2S2. The van der Waals surface area contributed by atoms with Gasteiger partial charge in [0.2, 0.25) is 0 Å². The lowest BCUT2D eigenvalue weighted by molar-refractivity contribution is -0.143. The topological polar surface area (TPSA) is 42.4 Å². The van der Waals surface area contributed by atoms with Gasteiger partial charge in [0, 0.05) is 35.4 Å². The third kappa shape index (κ3) is 3.88. The van der Waals surface area contributed by atoms with E-state index in [-0.39, 0.29) is 5.97 Å². The maximum absolute atomic E-state index is 11.4. The average Bonchev–Trinajstić information content (AvgIpc) is 2.89. The minimum absolute atomic E-state index is 0.140. The number of anilines is 1. The molecule has 0 bridgehead atoms. The second kappa shape index (κ2) is 7.31. The predicted molar refractivity (Wildman–Crippen MR) is 85.8 cm³/mol. The first-order valence-corrected chi connectivity index (χ1v) is 9.03. The molecular weight excluding hydrogens is 292 g/mol. The van der Waals surface area contributed by atoms with Crippen LogP contribution in [0.15, 0.2) is 5.38 Å². The molecule has 1 fully saturated rings. The summed E-state index contributed by atoms with van der Waals surface area (Å²) >= 11 is 3.71. The summed E-state index contributed by atoms with van der Waals surface area (Å²) in [5.74, 6) is 1.02. The highest BCUT2D eigenvalue weighted by Gasteiger charge is 2.27. The van der Waals surface area contributed by atoms with E-state index in [1.165, 1.54) is 0 Å². The zero-order valence-corrected chi connectivity index (χ0v) is 13.9. The van der Waals surface area contributed by atoms with Crippen LogP contribution in [0.5, 0.6) is 0 Å². The molecule has 2 atom stereocenters. The van der Waals surface area contributed by atoms with E-state index in [4.69, 9.17) is 4.74 Å². The van der Waals surface area contributed by atoms with Crippen LogP contribution < -0.4 is 4.90 Å². The van der Waals surface area contributed by atoms with Gasteiger partial charge in [0.1, 0.15) is 0 Å². The standard InChI is InChI=1S/C14H22N2O2S2/c1-4-18-13(17)6-5-12-9-20-14(15-12)16-7-8-19-11(3)10(16)2/h9-11H,4-8H2,1-3H3. The Kier molecular flexibility index (Phi) is 5.72. The molecule has 6 heteroatoms. The molecule has 1 aliphatic heterocycles. The first kappa shape index (κ1) is 15.6. The van der Waals surface area contributed by atoms with E-state index in [1.54, 1.807) is 11.3 Å². The third-order valence-corrected chi connectivity index (χ3v) is 5.82. The summed E-state index contributed by atoms with van der Waals surface area (Å²) in [6, 6.07) is 0.512. The van der Waals surface area contributed by atoms with Crippen LogP contribution in [-0.2, 0) is 16.0 Å². The first-order valence-electron chi connectivity index (χ1n) is 7.10. The first-order chi connectivity index (χ1) is 9.61. The molecule has 0 N–H and O–H groups in total. The molecule has 0 amide bonds. The minimum atomic E-state index is -0.140. The van der Waals surface area contributed by atoms with Crippen LogP contribution in [0, 0.1) is 0 Å². The van der Waals surface area contributed by atoms with E-state index in [2.05, 4.69) is 29.1 Å². The van der Waals surface area contributed by atoms with Gasteiger partial charge in [0.25, 0.3) is 0 Å². The van der Waals surface area contributed by atoms with Gasteiger partial charge in [-0.05, 0) is 13.8 Å². The summed E-state index contributed by atoms with van der Waals surface area (Å²) in [4.78, 5) is 18.4. The van der Waals surface area contributed by atoms with E-state index < -0.39 is 0 Å². The van der Waals surface area contributed by atoms with E-state index >= 15 is 0 Å². The van der Waals surface area contributed by atoms with Crippen LogP contribution in [0.4, 0.5) is 5.13 Å². The van der Waals surface area contributed by atoms with Gasteiger partial charge in [-0.25, -0.2) is 4.98 Å². The smallest absolute Gasteiger partial charge is 0.306 e. The van der Waals surface area contributed by atoms with Crippen molar-refractivity contribution in [2.45, 2.75) is 44.9 Å². The Morgan fingerprint density at radius 2 is 2.35 bits per heavy atom. The van der Waals surface area contributed by atoms with Gasteiger partial charge < -0.3 is 9.64 Å². The lowest BCUT2D eigenvalue weighted by Gasteiger charge is -2.37. The molecule has 2 rings (SSSR count). The minimum Gasteiger partial charge on any atom is -0.466 e. The van der Waals surface area contributed by atoms with Gasteiger partial charge in [0.05, 0.1) is 18.7 Å². The van der Waals surface area contributed by atoms with Crippen molar-refractivity contribution in [1.82, 2.24) is 4.98 Å². The van der Waals surface area contributed by atoms with E-state index in [9.17, 15) is 4.79 Å². The Morgan fingerprint density at radius 3 is 3.10 bits per heavy atom. The van der Waals surface area contributed by atoms with Crippen molar-refractivity contribution in [3.63, 3.8) is 0 Å². The summed E-state index contributed by atoms with van der Waals surface area (Å²) < 4.78 is 4.94. The number of carbonyl (C=O) groups excluding carboxylic acids is 1. The number of hydrogen-bond donors (Lipinski definition) is 0. The lowest BCUT2D eigenvalue weighted by atomic mass is 10.2. The van der Waals surface area contributed by atoms with Gasteiger partial charge in [-0.3, -0.25) is 4.79 Å². The van der Waals surface area contributed by atoms with Gasteiger partial charge >= 0.3 is 5.97 Å². The lowest BCUT2D eigenvalue weighted by Crippen LogP contribution is -2.44. The number of esters is 1. The highest BCUT2D eigenvalue weighted by molar-refractivity contribution is 8.00. The van der Waals surface area contributed by atoms with Crippen molar-refractivity contribution < 1.29 is 9.53 Å². The molecule has 1 aromatic rings. The van der Waals surface area contributed by atoms with Gasteiger partial charge in [-0.15, -0.1) is 11.3 Å². The van der Waals surface area contributed by atoms with Crippen molar-refractivity contribution >= 4 is 34.2 Å². The van der Waals surface area contributed by atoms with Crippen molar-refractivity contribution in [1.29, 1.82) is 0 Å². The number of hydrogen-bond acceptors (Lipinski definition) is 6. The summed E-state index contributed by atoms with van der Waals surface area (Å²) in [7, 11) is 0. The zero-order chi connectivity index (χ0) is 14.5. The maximum atomic E-state index is 11.4. The van der Waals surface area contributed by atoms with Crippen molar-refractivity contribution in [3.8, 4) is 0 Å². The van der Waals surface area contributed by atoms with Gasteiger partial charge in [-0.1, -0.05) is 6.92 Å². The quantitative estimate of drug-likeness (QED) is 0.782. The third-order valence-electron chi connectivity index (χ3n) is 3.56. The molecule has 4 nitrogen and oxygen atoms in total. The van der Waals surface area contributed by atoms with Crippen LogP contribution in [0.25, 0.3) is 0 Å². The molecule has 0 aliphatic carbocycles. The molecule has 0 aromatic carbocycles. The number of aryl methyl sites for hydroxylation is 1. The van der Waals surface area contributed by atoms with Crippen LogP contribution in [-0.4, -0.2) is 41.1 Å². The van der Waals surface area contributed by atoms with E-state index in [0.29, 0.717) is 30.7 Å². The highest BCUT2D eigenvalue weighted by atomic mass is 32.2. The predicted octanol–water partition coefficient (Wildman–Crippen LogP) is 2.97. The molecule has 1 aliphatic rings. The Balaban J connectivity index is 1.93. The number of aromatic nitrogens is 1. The number of thioether (sulfide) groups is 1. The number of carbonyl (C=O) groups is 1. The Hall–Kier alpha value is -0.750. The normalized spacial score (nSPS) is 22.9. The summed E-state index contributed by atoms with van der Waals surface area (Å²) in [5.41, 5.74) is 0.996. The zero-order valence-electron chi connectivity index (χ0n) is 12.3. The Bertz CT molecular complexity index is 450. The average molecular weight is 314 g/mol. The summed E-state index contributed by atoms with van der Waals surface area (Å²) in [6.07, 6.45) is 1.08. The fraction of sp³-hybridized carbons (Fsp3) is 0.714. The fourth-order valence-electron chi connectivity index (χ4n) is 2.21. The van der Waals surface area contributed by atoms with Crippen molar-refractivity contribution in [2.24, 2.45) is 0 Å². The molecule has 1 aromatic heterocycles. The van der Waals surface area contributed by atoms with Crippen LogP contribution in [0.3, 0.4) is 0 Å². The van der Waals surface area contributed by atoms with Crippen molar-refractivity contribution in [3.05, 3.63) is 11.1 Å². The van der Waals surface area contributed by atoms with Crippen LogP contribution >= 0.6 is 23.1 Å². The van der Waals surface area contributed by atoms with Crippen LogP contribution in [0.2, 0.25) is 0 Å².